The molecule has 1 rings (SSSR count). The minimum Gasteiger partial charge on any atom is -0.383 e. The van der Waals surface area contributed by atoms with Gasteiger partial charge in [-0.15, -0.1) is 0 Å². The van der Waals surface area contributed by atoms with E-state index in [0.717, 1.165) is 12.2 Å². The standard InChI is InChI=1S/C13H24ClN3O2/c1-6-15-12(13(2,3)19-5)11-10(14)9-16-17(11)7-8-18-4/h9,12,15H,6-8H2,1-5H3. The van der Waals surface area contributed by atoms with Gasteiger partial charge in [-0.25, -0.2) is 0 Å². The van der Waals surface area contributed by atoms with Crippen molar-refractivity contribution >= 4 is 11.6 Å². The molecule has 5 nitrogen and oxygen atoms in total. The van der Waals surface area contributed by atoms with E-state index in [1.54, 1.807) is 20.4 Å². The van der Waals surface area contributed by atoms with E-state index in [2.05, 4.69) is 17.3 Å². The summed E-state index contributed by atoms with van der Waals surface area (Å²) in [5.41, 5.74) is 0.553. The van der Waals surface area contributed by atoms with Crippen LogP contribution in [0.5, 0.6) is 0 Å². The van der Waals surface area contributed by atoms with Gasteiger partial charge in [-0.1, -0.05) is 18.5 Å². The summed E-state index contributed by atoms with van der Waals surface area (Å²) in [7, 11) is 3.37. The van der Waals surface area contributed by atoms with Gasteiger partial charge >= 0.3 is 0 Å². The molecule has 0 aliphatic heterocycles. The zero-order valence-corrected chi connectivity index (χ0v) is 13.1. The van der Waals surface area contributed by atoms with Crippen LogP contribution in [-0.4, -0.2) is 42.8 Å². The third kappa shape index (κ3) is 3.92. The number of hydrogen-bond acceptors (Lipinski definition) is 4. The molecule has 0 bridgehead atoms. The maximum atomic E-state index is 6.30. The van der Waals surface area contributed by atoms with Crippen LogP contribution < -0.4 is 5.32 Å². The minimum atomic E-state index is -0.384. The van der Waals surface area contributed by atoms with Gasteiger partial charge in [-0.3, -0.25) is 4.68 Å². The third-order valence-electron chi connectivity index (χ3n) is 3.24. The van der Waals surface area contributed by atoms with Crippen molar-refractivity contribution in [3.63, 3.8) is 0 Å². The quantitative estimate of drug-likeness (QED) is 0.797. The lowest BCUT2D eigenvalue weighted by Gasteiger charge is -2.34. The second-order valence-electron chi connectivity index (χ2n) is 4.89. The zero-order chi connectivity index (χ0) is 14.5. The van der Waals surface area contributed by atoms with Gasteiger partial charge in [0, 0.05) is 14.2 Å². The molecule has 1 aromatic heterocycles. The molecule has 0 aliphatic carbocycles. The molecule has 1 atom stereocenters. The Bertz CT molecular complexity index is 393. The maximum Gasteiger partial charge on any atom is 0.0835 e. The van der Waals surface area contributed by atoms with E-state index in [-0.39, 0.29) is 11.6 Å². The average molecular weight is 290 g/mol. The monoisotopic (exact) mass is 289 g/mol. The van der Waals surface area contributed by atoms with Gasteiger partial charge < -0.3 is 14.8 Å². The van der Waals surface area contributed by atoms with E-state index in [1.165, 1.54) is 0 Å². The van der Waals surface area contributed by atoms with Crippen molar-refractivity contribution in [2.24, 2.45) is 0 Å². The Morgan fingerprint density at radius 1 is 1.47 bits per heavy atom. The number of hydrogen-bond donors (Lipinski definition) is 1. The third-order valence-corrected chi connectivity index (χ3v) is 3.53. The summed E-state index contributed by atoms with van der Waals surface area (Å²) in [6.07, 6.45) is 1.67. The SMILES string of the molecule is CCNC(c1c(Cl)cnn1CCOC)C(C)(C)OC. The number of nitrogens with one attached hydrogen (secondary N) is 1. The predicted molar refractivity (Wildman–Crippen MR) is 76.6 cm³/mol. The van der Waals surface area contributed by atoms with Crippen molar-refractivity contribution in [1.82, 2.24) is 15.1 Å². The summed E-state index contributed by atoms with van der Waals surface area (Å²) in [6.45, 7) is 8.21. The van der Waals surface area contributed by atoms with Gasteiger partial charge in [0.2, 0.25) is 0 Å². The summed E-state index contributed by atoms with van der Waals surface area (Å²) in [5, 5.41) is 8.38. The fraction of sp³-hybridized carbons (Fsp3) is 0.769. The molecule has 1 aromatic rings. The highest BCUT2D eigenvalue weighted by Crippen LogP contribution is 2.32. The van der Waals surface area contributed by atoms with E-state index >= 15 is 0 Å². The lowest BCUT2D eigenvalue weighted by Crippen LogP contribution is -2.42. The number of aromatic nitrogens is 2. The lowest BCUT2D eigenvalue weighted by molar-refractivity contribution is -0.0133. The molecule has 0 saturated carbocycles. The predicted octanol–water partition coefficient (Wildman–Crippen LogP) is 2.26. The van der Waals surface area contributed by atoms with Crippen LogP contribution in [0.2, 0.25) is 5.02 Å². The first-order valence-corrected chi connectivity index (χ1v) is 6.84. The maximum absolute atomic E-state index is 6.30. The summed E-state index contributed by atoms with van der Waals surface area (Å²) in [5.74, 6) is 0. The fourth-order valence-electron chi connectivity index (χ4n) is 2.01. The Labute approximate surface area is 120 Å². The number of rotatable bonds is 8. The molecule has 0 radical (unpaired) electrons. The summed E-state index contributed by atoms with van der Waals surface area (Å²) in [4.78, 5) is 0. The zero-order valence-electron chi connectivity index (χ0n) is 12.4. The van der Waals surface area contributed by atoms with E-state index in [4.69, 9.17) is 21.1 Å². The molecular formula is C13H24ClN3O2. The van der Waals surface area contributed by atoms with E-state index in [9.17, 15) is 0 Å². The smallest absolute Gasteiger partial charge is 0.0835 e. The molecule has 0 fully saturated rings. The molecule has 1 unspecified atom stereocenters. The van der Waals surface area contributed by atoms with Crippen molar-refractivity contribution in [2.45, 2.75) is 39.0 Å². The number of likely N-dealkylation sites (N-methyl/N-ethyl adjacent to an activating group) is 1. The van der Waals surface area contributed by atoms with Crippen molar-refractivity contribution in [1.29, 1.82) is 0 Å². The molecule has 0 aliphatic rings. The van der Waals surface area contributed by atoms with Gasteiger partial charge in [0.15, 0.2) is 0 Å². The molecule has 1 heterocycles. The first-order valence-electron chi connectivity index (χ1n) is 6.46. The van der Waals surface area contributed by atoms with E-state index in [1.807, 2.05) is 18.5 Å². The topological polar surface area (TPSA) is 48.3 Å². The summed E-state index contributed by atoms with van der Waals surface area (Å²) >= 11 is 6.30. The van der Waals surface area contributed by atoms with Crippen molar-refractivity contribution < 1.29 is 9.47 Å². The van der Waals surface area contributed by atoms with Crippen LogP contribution in [0.15, 0.2) is 6.20 Å². The van der Waals surface area contributed by atoms with Gasteiger partial charge in [0.05, 0.1) is 41.7 Å². The second-order valence-corrected chi connectivity index (χ2v) is 5.30. The molecule has 1 N–H and O–H groups in total. The number of ether oxygens (including phenoxy) is 2. The molecular weight excluding hydrogens is 266 g/mol. The largest absolute Gasteiger partial charge is 0.383 e. The first-order chi connectivity index (χ1) is 8.97. The molecule has 19 heavy (non-hydrogen) atoms. The van der Waals surface area contributed by atoms with Crippen LogP contribution in [0, 0.1) is 0 Å². The number of nitrogens with zero attached hydrogens (tertiary/aromatic N) is 2. The highest BCUT2D eigenvalue weighted by Gasteiger charge is 2.34. The van der Waals surface area contributed by atoms with E-state index in [0.29, 0.717) is 18.2 Å². The molecule has 0 saturated heterocycles. The summed E-state index contributed by atoms with van der Waals surface area (Å²) in [6, 6.07) is -0.0330. The Morgan fingerprint density at radius 2 is 2.16 bits per heavy atom. The second kappa shape index (κ2) is 7.24. The Kier molecular flexibility index (Phi) is 6.26. The summed E-state index contributed by atoms with van der Waals surface area (Å²) < 4.78 is 12.6. The van der Waals surface area contributed by atoms with Gasteiger partial charge in [-0.2, -0.15) is 5.10 Å². The lowest BCUT2D eigenvalue weighted by atomic mass is 9.95. The van der Waals surface area contributed by atoms with Gasteiger partial charge in [0.1, 0.15) is 0 Å². The van der Waals surface area contributed by atoms with Crippen LogP contribution >= 0.6 is 11.6 Å². The minimum absolute atomic E-state index is 0.0330. The van der Waals surface area contributed by atoms with Crippen LogP contribution in [0.25, 0.3) is 0 Å². The first kappa shape index (κ1) is 16.4. The normalized spacial score (nSPS) is 13.8. The Balaban J connectivity index is 3.10. The van der Waals surface area contributed by atoms with Crippen LogP contribution in [0.1, 0.15) is 32.5 Å². The highest BCUT2D eigenvalue weighted by molar-refractivity contribution is 6.31. The molecule has 0 amide bonds. The van der Waals surface area contributed by atoms with Crippen LogP contribution in [0.3, 0.4) is 0 Å². The Hall–Kier alpha value is -0.620. The number of halogens is 1. The molecule has 110 valence electrons. The number of methoxy groups -OCH3 is 2. The van der Waals surface area contributed by atoms with E-state index < -0.39 is 0 Å². The molecule has 0 aromatic carbocycles. The average Bonchev–Trinajstić information content (AvgIpc) is 2.74. The van der Waals surface area contributed by atoms with Gasteiger partial charge in [0.25, 0.3) is 0 Å². The van der Waals surface area contributed by atoms with Crippen molar-refractivity contribution in [2.75, 3.05) is 27.4 Å². The fourth-order valence-corrected chi connectivity index (χ4v) is 2.26. The highest BCUT2D eigenvalue weighted by atomic mass is 35.5. The molecule has 6 heteroatoms. The molecule has 0 spiro atoms. The van der Waals surface area contributed by atoms with Crippen molar-refractivity contribution in [3.05, 3.63) is 16.9 Å². The van der Waals surface area contributed by atoms with Crippen LogP contribution in [-0.2, 0) is 16.0 Å². The van der Waals surface area contributed by atoms with Crippen molar-refractivity contribution in [3.8, 4) is 0 Å². The Morgan fingerprint density at radius 3 is 2.68 bits per heavy atom. The van der Waals surface area contributed by atoms with Gasteiger partial charge in [-0.05, 0) is 20.4 Å². The van der Waals surface area contributed by atoms with Crippen LogP contribution in [0.4, 0.5) is 0 Å².